The van der Waals surface area contributed by atoms with Crippen molar-refractivity contribution in [1.82, 2.24) is 10.2 Å². The number of morpholine rings is 1. The van der Waals surface area contributed by atoms with Crippen LogP contribution in [0.3, 0.4) is 0 Å². The van der Waals surface area contributed by atoms with Gasteiger partial charge < -0.3 is 15.4 Å². The fourth-order valence-corrected chi connectivity index (χ4v) is 3.31. The van der Waals surface area contributed by atoms with Gasteiger partial charge in [-0.2, -0.15) is 0 Å². The van der Waals surface area contributed by atoms with Crippen LogP contribution in [0, 0.1) is 0 Å². The van der Waals surface area contributed by atoms with Crippen molar-refractivity contribution in [2.75, 3.05) is 31.6 Å². The van der Waals surface area contributed by atoms with Gasteiger partial charge in [-0.1, -0.05) is 40.9 Å². The molecule has 0 spiro atoms. The van der Waals surface area contributed by atoms with Gasteiger partial charge in [0.2, 0.25) is 0 Å². The summed E-state index contributed by atoms with van der Waals surface area (Å²) in [6.45, 7) is 3.35. The molecule has 1 aliphatic heterocycles. The monoisotopic (exact) mass is 427 g/mol. The lowest BCUT2D eigenvalue weighted by atomic mass is 10.2. The molecule has 1 fully saturated rings. The van der Waals surface area contributed by atoms with Crippen LogP contribution in [0.15, 0.2) is 42.5 Å². The Bertz CT molecular complexity index is 786. The molecule has 8 heteroatoms. The van der Waals surface area contributed by atoms with Gasteiger partial charge in [0.25, 0.3) is 0 Å². The van der Waals surface area contributed by atoms with Crippen LogP contribution < -0.4 is 10.6 Å². The molecule has 1 unspecified atom stereocenters. The molecule has 2 aromatic carbocycles. The maximum absolute atomic E-state index is 12.0. The summed E-state index contributed by atoms with van der Waals surface area (Å²) in [5.74, 6) is 0. The number of ether oxygens (including phenoxy) is 1. The first-order valence-corrected chi connectivity index (χ1v) is 9.71. The Morgan fingerprint density at radius 1 is 1.11 bits per heavy atom. The number of hydrogen-bond donors (Lipinski definition) is 2. The summed E-state index contributed by atoms with van der Waals surface area (Å²) in [4.78, 5) is 14.3. The number of hydrogen-bond acceptors (Lipinski definition) is 3. The molecular weight excluding hydrogens is 409 g/mol. The predicted octanol–water partition coefficient (Wildman–Crippen LogP) is 4.67. The van der Waals surface area contributed by atoms with Crippen molar-refractivity contribution in [3.63, 3.8) is 0 Å². The molecule has 3 rings (SSSR count). The lowest BCUT2D eigenvalue weighted by Crippen LogP contribution is -2.47. The molecule has 0 bridgehead atoms. The number of carbonyl (C=O) groups excluding carboxylic acids is 1. The van der Waals surface area contributed by atoms with Gasteiger partial charge in [0.05, 0.1) is 22.8 Å². The van der Waals surface area contributed by atoms with Crippen molar-refractivity contribution in [1.29, 1.82) is 0 Å². The van der Waals surface area contributed by atoms with Crippen molar-refractivity contribution < 1.29 is 9.53 Å². The van der Waals surface area contributed by atoms with E-state index in [1.54, 1.807) is 30.3 Å². The van der Waals surface area contributed by atoms with E-state index < -0.39 is 0 Å². The Morgan fingerprint density at radius 3 is 2.63 bits per heavy atom. The third-order valence-corrected chi connectivity index (χ3v) is 5.20. The maximum Gasteiger partial charge on any atom is 0.319 e. The van der Waals surface area contributed by atoms with Crippen molar-refractivity contribution in [3.8, 4) is 0 Å². The average Bonchev–Trinajstić information content (AvgIpc) is 2.65. The minimum absolute atomic E-state index is 0.0718. The Kier molecular flexibility index (Phi) is 7.21. The maximum atomic E-state index is 12.0. The highest BCUT2D eigenvalue weighted by Gasteiger charge is 2.21. The van der Waals surface area contributed by atoms with E-state index in [-0.39, 0.29) is 12.1 Å². The fraction of sp³-hybridized carbons (Fsp3) is 0.316. The smallest absolute Gasteiger partial charge is 0.319 e. The van der Waals surface area contributed by atoms with Gasteiger partial charge in [-0.3, -0.25) is 4.90 Å². The van der Waals surface area contributed by atoms with Crippen molar-refractivity contribution in [2.45, 2.75) is 12.6 Å². The summed E-state index contributed by atoms with van der Waals surface area (Å²) in [5, 5.41) is 7.34. The Morgan fingerprint density at radius 2 is 1.89 bits per heavy atom. The summed E-state index contributed by atoms with van der Waals surface area (Å²) >= 11 is 17.9. The number of anilines is 1. The molecule has 5 nitrogen and oxygen atoms in total. The summed E-state index contributed by atoms with van der Waals surface area (Å²) in [7, 11) is 0. The zero-order valence-corrected chi connectivity index (χ0v) is 16.8. The number of halogens is 3. The van der Waals surface area contributed by atoms with Crippen LogP contribution in [0.2, 0.25) is 15.1 Å². The van der Waals surface area contributed by atoms with Crippen molar-refractivity contribution in [2.24, 2.45) is 0 Å². The summed E-state index contributed by atoms with van der Waals surface area (Å²) in [6.07, 6.45) is -0.0718. The first-order chi connectivity index (χ1) is 13.0. The van der Waals surface area contributed by atoms with Crippen molar-refractivity contribution >= 4 is 46.5 Å². The van der Waals surface area contributed by atoms with Gasteiger partial charge in [-0.05, 0) is 42.0 Å². The Balaban J connectivity index is 1.45. The normalized spacial score (nSPS) is 17.5. The van der Waals surface area contributed by atoms with Gasteiger partial charge >= 0.3 is 6.03 Å². The summed E-state index contributed by atoms with van der Waals surface area (Å²) in [6, 6.07) is 12.3. The Labute approximate surface area is 173 Å². The average molecular weight is 429 g/mol. The first kappa shape index (κ1) is 20.2. The highest BCUT2D eigenvalue weighted by Crippen LogP contribution is 2.23. The molecule has 144 valence electrons. The molecule has 0 radical (unpaired) electrons. The number of amides is 2. The largest absolute Gasteiger partial charge is 0.374 e. The van der Waals surface area contributed by atoms with E-state index >= 15 is 0 Å². The van der Waals surface area contributed by atoms with E-state index in [4.69, 9.17) is 39.5 Å². The lowest BCUT2D eigenvalue weighted by Gasteiger charge is -2.33. The third-order valence-electron chi connectivity index (χ3n) is 4.21. The number of carbonyl (C=O) groups is 1. The molecule has 2 amide bonds. The second-order valence-corrected chi connectivity index (χ2v) is 7.57. The van der Waals surface area contributed by atoms with Crippen LogP contribution in [-0.4, -0.2) is 43.3 Å². The number of nitrogens with zero attached hydrogens (tertiary/aromatic N) is 1. The van der Waals surface area contributed by atoms with Crippen LogP contribution in [0.5, 0.6) is 0 Å². The van der Waals surface area contributed by atoms with Gasteiger partial charge in [0, 0.05) is 36.9 Å². The fourth-order valence-electron chi connectivity index (χ4n) is 2.86. The quantitative estimate of drug-likeness (QED) is 0.727. The molecular formula is C19H20Cl3N3O2. The Hall–Kier alpha value is -1.50. The molecule has 1 aliphatic rings. The first-order valence-electron chi connectivity index (χ1n) is 8.58. The molecule has 1 heterocycles. The number of benzene rings is 2. The van der Waals surface area contributed by atoms with Crippen LogP contribution in [-0.2, 0) is 11.3 Å². The SMILES string of the molecule is O=C(NCC1CN(Cc2ccc(Cl)c(Cl)c2)CCO1)Nc1ccc(Cl)cc1. The molecule has 1 atom stereocenters. The predicted molar refractivity (Wildman–Crippen MR) is 110 cm³/mol. The van der Waals surface area contributed by atoms with E-state index in [0.29, 0.717) is 33.9 Å². The lowest BCUT2D eigenvalue weighted by molar-refractivity contribution is -0.0285. The second kappa shape index (κ2) is 9.62. The third kappa shape index (κ3) is 6.26. The topological polar surface area (TPSA) is 53.6 Å². The van der Waals surface area contributed by atoms with Gasteiger partial charge in [0.15, 0.2) is 0 Å². The van der Waals surface area contributed by atoms with Gasteiger partial charge in [-0.15, -0.1) is 0 Å². The van der Waals surface area contributed by atoms with E-state index in [0.717, 1.165) is 25.2 Å². The molecule has 2 N–H and O–H groups in total. The second-order valence-electron chi connectivity index (χ2n) is 6.32. The molecule has 1 saturated heterocycles. The summed E-state index contributed by atoms with van der Waals surface area (Å²) < 4.78 is 5.76. The highest BCUT2D eigenvalue weighted by atomic mass is 35.5. The molecule has 0 aromatic heterocycles. The number of nitrogens with one attached hydrogen (secondary N) is 2. The highest BCUT2D eigenvalue weighted by molar-refractivity contribution is 6.42. The van der Waals surface area contributed by atoms with Gasteiger partial charge in [-0.25, -0.2) is 4.79 Å². The minimum Gasteiger partial charge on any atom is -0.374 e. The molecule has 0 aliphatic carbocycles. The van der Waals surface area contributed by atoms with Crippen LogP contribution >= 0.6 is 34.8 Å². The van der Waals surface area contributed by atoms with Crippen LogP contribution in [0.25, 0.3) is 0 Å². The van der Waals surface area contributed by atoms with Crippen molar-refractivity contribution in [3.05, 3.63) is 63.1 Å². The van der Waals surface area contributed by atoms with E-state index in [2.05, 4.69) is 15.5 Å². The standard InChI is InChI=1S/C19H20Cl3N3O2/c20-14-2-4-15(5-3-14)24-19(26)23-10-16-12-25(7-8-27-16)11-13-1-6-17(21)18(22)9-13/h1-6,9,16H,7-8,10-12H2,(H2,23,24,26). The van der Waals surface area contributed by atoms with Crippen LogP contribution in [0.1, 0.15) is 5.56 Å². The van der Waals surface area contributed by atoms with E-state index in [1.807, 2.05) is 12.1 Å². The zero-order valence-electron chi connectivity index (χ0n) is 14.6. The zero-order chi connectivity index (χ0) is 19.2. The van der Waals surface area contributed by atoms with Gasteiger partial charge in [0.1, 0.15) is 0 Å². The number of rotatable bonds is 5. The van der Waals surface area contributed by atoms with E-state index in [9.17, 15) is 4.79 Å². The summed E-state index contributed by atoms with van der Waals surface area (Å²) in [5.41, 5.74) is 1.78. The minimum atomic E-state index is -0.275. The molecule has 2 aromatic rings. The molecule has 0 saturated carbocycles. The number of urea groups is 1. The van der Waals surface area contributed by atoms with E-state index in [1.165, 1.54) is 0 Å². The molecule has 27 heavy (non-hydrogen) atoms. The van der Waals surface area contributed by atoms with Crippen LogP contribution in [0.4, 0.5) is 10.5 Å².